The molecule has 10 heteroatoms. The van der Waals surface area contributed by atoms with E-state index >= 15 is 0 Å². The van der Waals surface area contributed by atoms with Gasteiger partial charge >= 0.3 is 0 Å². The number of methoxy groups -OCH3 is 1. The Morgan fingerprint density at radius 2 is 1.97 bits per heavy atom. The fourth-order valence-electron chi connectivity index (χ4n) is 3.60. The predicted molar refractivity (Wildman–Crippen MR) is 117 cm³/mol. The van der Waals surface area contributed by atoms with Crippen molar-refractivity contribution in [3.8, 4) is 17.1 Å². The predicted octanol–water partition coefficient (Wildman–Crippen LogP) is 2.78. The van der Waals surface area contributed by atoms with Crippen LogP contribution in [-0.2, 0) is 7.05 Å². The van der Waals surface area contributed by atoms with Crippen LogP contribution >= 0.6 is 0 Å². The first-order chi connectivity index (χ1) is 15.0. The number of fused-ring (bicyclic) bond motifs is 2. The average Bonchev–Trinajstić information content (AvgIpc) is 3.35. The maximum absolute atomic E-state index is 13.1. The van der Waals surface area contributed by atoms with Crippen molar-refractivity contribution in [2.75, 3.05) is 12.4 Å². The van der Waals surface area contributed by atoms with E-state index in [1.165, 1.54) is 0 Å². The van der Waals surface area contributed by atoms with Gasteiger partial charge in [-0.25, -0.2) is 15.0 Å². The number of aromatic amines is 2. The summed E-state index contributed by atoms with van der Waals surface area (Å²) in [5, 5.41) is 7.93. The number of anilines is 1. The highest BCUT2D eigenvalue weighted by atomic mass is 16.5. The van der Waals surface area contributed by atoms with Crippen LogP contribution in [0.5, 0.6) is 5.75 Å². The van der Waals surface area contributed by atoms with Gasteiger partial charge in [0, 0.05) is 31.7 Å². The molecule has 156 valence electrons. The van der Waals surface area contributed by atoms with Crippen LogP contribution in [0.4, 0.5) is 5.69 Å². The number of hydrogen-bond donors (Lipinski definition) is 3. The lowest BCUT2D eigenvalue weighted by Gasteiger charge is -2.16. The molecule has 1 unspecified atom stereocenters. The minimum absolute atomic E-state index is 0.267. The number of aromatic nitrogens is 7. The Hall–Kier alpha value is -4.21. The van der Waals surface area contributed by atoms with Crippen LogP contribution < -0.4 is 15.6 Å². The molecule has 5 aromatic rings. The topological polar surface area (TPSA) is 126 Å². The second-order valence-corrected chi connectivity index (χ2v) is 7.21. The third-order valence-corrected chi connectivity index (χ3v) is 5.05. The van der Waals surface area contributed by atoms with E-state index < -0.39 is 0 Å². The summed E-state index contributed by atoms with van der Waals surface area (Å²) in [6, 6.07) is 7.00. The molecule has 4 heterocycles. The molecule has 0 aliphatic rings. The number of H-pyrrole nitrogens is 2. The van der Waals surface area contributed by atoms with Crippen LogP contribution in [0.1, 0.15) is 18.8 Å². The smallest absolute Gasteiger partial charge is 0.261 e. The van der Waals surface area contributed by atoms with Crippen molar-refractivity contribution in [1.82, 2.24) is 34.7 Å². The molecular weight excluding hydrogens is 396 g/mol. The first-order valence-electron chi connectivity index (χ1n) is 9.70. The summed E-state index contributed by atoms with van der Waals surface area (Å²) < 4.78 is 6.95. The van der Waals surface area contributed by atoms with Gasteiger partial charge in [0.05, 0.1) is 35.4 Å². The minimum Gasteiger partial charge on any atom is -0.497 e. The molecule has 0 aliphatic heterocycles. The van der Waals surface area contributed by atoms with Gasteiger partial charge in [-0.15, -0.1) is 0 Å². The zero-order chi connectivity index (χ0) is 21.5. The molecule has 0 amide bonds. The number of imidazole rings is 1. The number of ether oxygens (including phenoxy) is 1. The van der Waals surface area contributed by atoms with E-state index in [4.69, 9.17) is 4.74 Å². The quantitative estimate of drug-likeness (QED) is 0.402. The van der Waals surface area contributed by atoms with Crippen LogP contribution in [-0.4, -0.2) is 41.8 Å². The van der Waals surface area contributed by atoms with Gasteiger partial charge in [-0.05, 0) is 25.1 Å². The van der Waals surface area contributed by atoms with Crippen molar-refractivity contribution in [2.45, 2.75) is 13.0 Å². The molecule has 5 rings (SSSR count). The Labute approximate surface area is 176 Å². The maximum atomic E-state index is 13.1. The number of aryl methyl sites for hydroxylation is 1. The third kappa shape index (κ3) is 3.27. The first-order valence-corrected chi connectivity index (χ1v) is 9.70. The van der Waals surface area contributed by atoms with E-state index in [0.29, 0.717) is 39.7 Å². The molecule has 0 saturated carbocycles. The van der Waals surface area contributed by atoms with Gasteiger partial charge in [0.15, 0.2) is 0 Å². The third-order valence-electron chi connectivity index (χ3n) is 5.05. The van der Waals surface area contributed by atoms with Gasteiger partial charge in [0.1, 0.15) is 28.5 Å². The van der Waals surface area contributed by atoms with Crippen LogP contribution in [0.3, 0.4) is 0 Å². The minimum atomic E-state index is -0.282. The lowest BCUT2D eigenvalue weighted by atomic mass is 10.1. The Bertz CT molecular complexity index is 1450. The number of nitrogens with one attached hydrogen (secondary N) is 3. The molecule has 0 radical (unpaired) electrons. The average molecular weight is 416 g/mol. The van der Waals surface area contributed by atoms with E-state index in [9.17, 15) is 4.79 Å². The van der Waals surface area contributed by atoms with Crippen molar-refractivity contribution < 1.29 is 4.74 Å². The molecule has 0 bridgehead atoms. The molecule has 0 aliphatic carbocycles. The Morgan fingerprint density at radius 1 is 1.16 bits per heavy atom. The maximum Gasteiger partial charge on any atom is 0.261 e. The summed E-state index contributed by atoms with van der Waals surface area (Å²) in [6.45, 7) is 1.93. The molecule has 4 aromatic heterocycles. The van der Waals surface area contributed by atoms with Gasteiger partial charge < -0.3 is 20.0 Å². The van der Waals surface area contributed by atoms with Crippen LogP contribution in [0.2, 0.25) is 0 Å². The standard InChI is InChI=1S/C21H20N8O2/c1-11(19-22-7-4-8-23-19)24-18-16(21(30)27-15-10-29(2)28-17(15)18)20-25-13-6-5-12(31-3)9-14(13)26-20/h4-11,24H,1-3H3,(H,25,26)(H,27,30). The summed E-state index contributed by atoms with van der Waals surface area (Å²) in [5.41, 5.74) is 3.38. The van der Waals surface area contributed by atoms with Gasteiger partial charge in [-0.1, -0.05) is 0 Å². The molecule has 31 heavy (non-hydrogen) atoms. The van der Waals surface area contributed by atoms with E-state index in [1.807, 2.05) is 25.1 Å². The molecule has 10 nitrogen and oxygen atoms in total. The highest BCUT2D eigenvalue weighted by Crippen LogP contribution is 2.32. The second kappa shape index (κ2) is 7.24. The monoisotopic (exact) mass is 416 g/mol. The van der Waals surface area contributed by atoms with E-state index in [1.54, 1.807) is 43.5 Å². The van der Waals surface area contributed by atoms with E-state index in [2.05, 4.69) is 35.3 Å². The molecule has 0 saturated heterocycles. The summed E-state index contributed by atoms with van der Waals surface area (Å²) in [4.78, 5) is 32.5. The molecule has 1 atom stereocenters. The molecule has 0 spiro atoms. The number of rotatable bonds is 5. The molecular formula is C21H20N8O2. The zero-order valence-electron chi connectivity index (χ0n) is 17.2. The summed E-state index contributed by atoms with van der Waals surface area (Å²) >= 11 is 0. The Balaban J connectivity index is 1.71. The van der Waals surface area contributed by atoms with E-state index in [-0.39, 0.29) is 11.6 Å². The van der Waals surface area contributed by atoms with Gasteiger partial charge in [-0.3, -0.25) is 9.48 Å². The first kappa shape index (κ1) is 18.8. The van der Waals surface area contributed by atoms with Gasteiger partial charge in [0.2, 0.25) is 0 Å². The zero-order valence-corrected chi connectivity index (χ0v) is 17.2. The second-order valence-electron chi connectivity index (χ2n) is 7.21. The van der Waals surface area contributed by atoms with Crippen molar-refractivity contribution >= 4 is 27.8 Å². The number of benzene rings is 1. The fraction of sp³-hybridized carbons (Fsp3) is 0.190. The van der Waals surface area contributed by atoms with Crippen LogP contribution in [0, 0.1) is 0 Å². The van der Waals surface area contributed by atoms with Crippen molar-refractivity contribution in [3.05, 3.63) is 59.0 Å². The van der Waals surface area contributed by atoms with Crippen molar-refractivity contribution in [3.63, 3.8) is 0 Å². The Morgan fingerprint density at radius 3 is 2.74 bits per heavy atom. The number of pyridine rings is 1. The lowest BCUT2D eigenvalue weighted by Crippen LogP contribution is -2.17. The number of hydrogen-bond acceptors (Lipinski definition) is 7. The van der Waals surface area contributed by atoms with Gasteiger partial charge in [0.25, 0.3) is 5.56 Å². The normalized spacial score (nSPS) is 12.4. The van der Waals surface area contributed by atoms with Gasteiger partial charge in [-0.2, -0.15) is 5.10 Å². The van der Waals surface area contributed by atoms with Crippen molar-refractivity contribution in [1.29, 1.82) is 0 Å². The summed E-state index contributed by atoms with van der Waals surface area (Å²) in [7, 11) is 3.41. The lowest BCUT2D eigenvalue weighted by molar-refractivity contribution is 0.415. The van der Waals surface area contributed by atoms with E-state index in [0.717, 1.165) is 11.0 Å². The molecule has 0 fully saturated rings. The highest BCUT2D eigenvalue weighted by molar-refractivity contribution is 5.96. The fourth-order valence-corrected chi connectivity index (χ4v) is 3.60. The number of nitrogens with zero attached hydrogens (tertiary/aromatic N) is 5. The largest absolute Gasteiger partial charge is 0.497 e. The SMILES string of the molecule is COc1ccc2nc(-c3c(NC(C)c4ncccn4)c4nn(C)cc4[nH]c3=O)[nH]c2c1. The molecule has 3 N–H and O–H groups in total. The Kier molecular flexibility index (Phi) is 4.39. The van der Waals surface area contributed by atoms with Crippen LogP contribution in [0.25, 0.3) is 33.5 Å². The highest BCUT2D eigenvalue weighted by Gasteiger charge is 2.22. The van der Waals surface area contributed by atoms with Crippen LogP contribution in [0.15, 0.2) is 47.7 Å². The summed E-state index contributed by atoms with van der Waals surface area (Å²) in [5.74, 6) is 1.73. The van der Waals surface area contributed by atoms with Crippen molar-refractivity contribution in [2.24, 2.45) is 7.05 Å². The molecule has 1 aromatic carbocycles. The summed E-state index contributed by atoms with van der Waals surface area (Å²) in [6.07, 6.45) is 5.13.